The van der Waals surface area contributed by atoms with E-state index in [-0.39, 0.29) is 11.8 Å². The minimum atomic E-state index is -0.624. The summed E-state index contributed by atoms with van der Waals surface area (Å²) in [7, 11) is 0. The van der Waals surface area contributed by atoms with Gasteiger partial charge in [-0.25, -0.2) is 0 Å². The fraction of sp³-hybridized carbons (Fsp3) is 0.353. The topological polar surface area (TPSA) is 76.0 Å². The number of aryl methyl sites for hydroxylation is 2. The van der Waals surface area contributed by atoms with Crippen molar-refractivity contribution in [1.82, 2.24) is 9.78 Å². The molecule has 2 aliphatic rings. The summed E-state index contributed by atoms with van der Waals surface area (Å²) in [6, 6.07) is 7.21. The van der Waals surface area contributed by atoms with Crippen molar-refractivity contribution in [1.29, 1.82) is 0 Å². The van der Waals surface area contributed by atoms with Gasteiger partial charge in [-0.15, -0.1) is 0 Å². The lowest BCUT2D eigenvalue weighted by atomic mass is 9.85. The Hall–Kier alpha value is -2.63. The third-order valence-corrected chi connectivity index (χ3v) is 4.68. The Kier molecular flexibility index (Phi) is 2.85. The third kappa shape index (κ3) is 2.13. The lowest BCUT2D eigenvalue weighted by Gasteiger charge is -2.15. The van der Waals surface area contributed by atoms with Crippen LogP contribution in [0.4, 0.5) is 11.5 Å². The standard InChI is InChI=1S/C17H18N4O2/c1-17(2)12-8-10(5-6-13(12)18-16(17)23)15(22)19-14-9-11-4-3-7-21(11)20-14/h5-6,8-9H,3-4,7H2,1-2H3,(H,18,23)(H,19,20,22). The highest BCUT2D eigenvalue weighted by Crippen LogP contribution is 2.37. The molecular weight excluding hydrogens is 292 g/mol. The average Bonchev–Trinajstić information content (AvgIpc) is 3.13. The summed E-state index contributed by atoms with van der Waals surface area (Å²) in [6.45, 7) is 4.62. The summed E-state index contributed by atoms with van der Waals surface area (Å²) in [5.74, 6) is 0.328. The molecule has 0 aliphatic carbocycles. The van der Waals surface area contributed by atoms with Gasteiger partial charge < -0.3 is 10.6 Å². The van der Waals surface area contributed by atoms with E-state index in [9.17, 15) is 9.59 Å². The van der Waals surface area contributed by atoms with Gasteiger partial charge in [-0.3, -0.25) is 14.3 Å². The van der Waals surface area contributed by atoms with Crippen LogP contribution in [0, 0.1) is 0 Å². The molecule has 2 N–H and O–H groups in total. The zero-order valence-corrected chi connectivity index (χ0v) is 13.1. The fourth-order valence-electron chi connectivity index (χ4n) is 3.22. The summed E-state index contributed by atoms with van der Waals surface area (Å²) in [5, 5.41) is 10.1. The minimum absolute atomic E-state index is 0.0458. The van der Waals surface area contributed by atoms with Crippen LogP contribution in [0.1, 0.15) is 41.9 Å². The first-order valence-electron chi connectivity index (χ1n) is 7.79. The molecule has 2 aliphatic heterocycles. The second kappa shape index (κ2) is 4.68. The van der Waals surface area contributed by atoms with Gasteiger partial charge in [0.05, 0.1) is 5.41 Å². The maximum Gasteiger partial charge on any atom is 0.256 e. The Morgan fingerprint density at radius 2 is 2.17 bits per heavy atom. The van der Waals surface area contributed by atoms with E-state index in [1.54, 1.807) is 18.2 Å². The van der Waals surface area contributed by atoms with Gasteiger partial charge in [-0.1, -0.05) is 0 Å². The molecule has 3 heterocycles. The van der Waals surface area contributed by atoms with E-state index in [0.29, 0.717) is 11.4 Å². The Morgan fingerprint density at radius 3 is 2.96 bits per heavy atom. The van der Waals surface area contributed by atoms with Gasteiger partial charge in [-0.05, 0) is 50.5 Å². The lowest BCUT2D eigenvalue weighted by Crippen LogP contribution is -2.27. The Labute approximate surface area is 133 Å². The molecule has 118 valence electrons. The number of benzene rings is 1. The molecule has 0 fully saturated rings. The predicted octanol–water partition coefficient (Wildman–Crippen LogP) is 2.31. The second-order valence-electron chi connectivity index (χ2n) is 6.64. The normalized spacial score (nSPS) is 17.6. The molecule has 1 aromatic carbocycles. The van der Waals surface area contributed by atoms with Crippen molar-refractivity contribution in [3.63, 3.8) is 0 Å². The van der Waals surface area contributed by atoms with E-state index < -0.39 is 5.41 Å². The van der Waals surface area contributed by atoms with Crippen LogP contribution >= 0.6 is 0 Å². The van der Waals surface area contributed by atoms with Crippen molar-refractivity contribution in [3.8, 4) is 0 Å². The van der Waals surface area contributed by atoms with Gasteiger partial charge >= 0.3 is 0 Å². The van der Waals surface area contributed by atoms with Crippen LogP contribution in [-0.4, -0.2) is 21.6 Å². The maximum absolute atomic E-state index is 12.5. The number of fused-ring (bicyclic) bond motifs is 2. The number of hydrogen-bond acceptors (Lipinski definition) is 3. The highest BCUT2D eigenvalue weighted by atomic mass is 16.2. The molecule has 6 heteroatoms. The molecule has 0 radical (unpaired) electrons. The summed E-state index contributed by atoms with van der Waals surface area (Å²) >= 11 is 0. The molecule has 23 heavy (non-hydrogen) atoms. The van der Waals surface area contributed by atoms with Gasteiger partial charge in [0.15, 0.2) is 5.82 Å². The first kappa shape index (κ1) is 14.0. The van der Waals surface area contributed by atoms with Crippen LogP contribution in [0.2, 0.25) is 0 Å². The van der Waals surface area contributed by atoms with Gasteiger partial charge in [0.25, 0.3) is 5.91 Å². The highest BCUT2D eigenvalue weighted by molar-refractivity contribution is 6.08. The highest BCUT2D eigenvalue weighted by Gasteiger charge is 2.38. The van der Waals surface area contributed by atoms with E-state index in [1.165, 1.54) is 0 Å². The molecule has 0 bridgehead atoms. The number of carbonyl (C=O) groups is 2. The van der Waals surface area contributed by atoms with Gasteiger partial charge in [0, 0.05) is 29.6 Å². The van der Waals surface area contributed by atoms with E-state index >= 15 is 0 Å². The van der Waals surface area contributed by atoms with Crippen LogP contribution in [0.25, 0.3) is 0 Å². The molecule has 2 aromatic rings. The van der Waals surface area contributed by atoms with E-state index in [2.05, 4.69) is 15.7 Å². The van der Waals surface area contributed by atoms with Crippen LogP contribution in [0.5, 0.6) is 0 Å². The molecule has 0 spiro atoms. The van der Waals surface area contributed by atoms with Crippen LogP contribution in [-0.2, 0) is 23.2 Å². The number of aromatic nitrogens is 2. The smallest absolute Gasteiger partial charge is 0.256 e. The number of hydrogen-bond donors (Lipinski definition) is 2. The number of amides is 2. The minimum Gasteiger partial charge on any atom is -0.325 e. The number of rotatable bonds is 2. The van der Waals surface area contributed by atoms with Crippen molar-refractivity contribution in [2.45, 2.75) is 38.6 Å². The first-order valence-corrected chi connectivity index (χ1v) is 7.79. The van der Waals surface area contributed by atoms with E-state index in [0.717, 1.165) is 36.3 Å². The summed E-state index contributed by atoms with van der Waals surface area (Å²) in [6.07, 6.45) is 2.11. The van der Waals surface area contributed by atoms with Gasteiger partial charge in [0.2, 0.25) is 5.91 Å². The SMILES string of the molecule is CC1(C)C(=O)Nc2ccc(C(=O)Nc3cc4n(n3)CCC4)cc21. The number of nitrogens with one attached hydrogen (secondary N) is 2. The van der Waals surface area contributed by atoms with E-state index in [4.69, 9.17) is 0 Å². The van der Waals surface area contributed by atoms with Crippen LogP contribution < -0.4 is 10.6 Å². The van der Waals surface area contributed by atoms with Gasteiger partial charge in [-0.2, -0.15) is 5.10 Å². The molecule has 4 rings (SSSR count). The third-order valence-electron chi connectivity index (χ3n) is 4.68. The average molecular weight is 310 g/mol. The quantitative estimate of drug-likeness (QED) is 0.893. The second-order valence-corrected chi connectivity index (χ2v) is 6.64. The molecule has 0 atom stereocenters. The van der Waals surface area contributed by atoms with Crippen molar-refractivity contribution in [2.75, 3.05) is 10.6 Å². The van der Waals surface area contributed by atoms with Crippen LogP contribution in [0.15, 0.2) is 24.3 Å². The largest absolute Gasteiger partial charge is 0.325 e. The molecule has 0 saturated heterocycles. The predicted molar refractivity (Wildman–Crippen MR) is 86.6 cm³/mol. The zero-order chi connectivity index (χ0) is 16.2. The van der Waals surface area contributed by atoms with Gasteiger partial charge in [0.1, 0.15) is 0 Å². The molecule has 2 amide bonds. The molecular formula is C17H18N4O2. The molecule has 0 unspecified atom stereocenters. The van der Waals surface area contributed by atoms with Crippen molar-refractivity contribution >= 4 is 23.3 Å². The van der Waals surface area contributed by atoms with Crippen LogP contribution in [0.3, 0.4) is 0 Å². The van der Waals surface area contributed by atoms with Crippen molar-refractivity contribution in [2.24, 2.45) is 0 Å². The summed E-state index contributed by atoms with van der Waals surface area (Å²) in [5.41, 5.74) is 2.69. The molecule has 1 aromatic heterocycles. The van der Waals surface area contributed by atoms with Crippen molar-refractivity contribution in [3.05, 3.63) is 41.1 Å². The number of anilines is 2. The van der Waals surface area contributed by atoms with E-state index in [1.807, 2.05) is 24.6 Å². The Balaban J connectivity index is 1.60. The number of nitrogens with zero attached hydrogens (tertiary/aromatic N) is 2. The Bertz CT molecular complexity index is 814. The zero-order valence-electron chi connectivity index (χ0n) is 13.1. The lowest BCUT2D eigenvalue weighted by molar-refractivity contribution is -0.119. The Morgan fingerprint density at radius 1 is 1.35 bits per heavy atom. The monoisotopic (exact) mass is 310 g/mol. The number of carbonyl (C=O) groups excluding carboxylic acids is 2. The first-order chi connectivity index (χ1) is 10.9. The summed E-state index contributed by atoms with van der Waals surface area (Å²) < 4.78 is 1.93. The van der Waals surface area contributed by atoms with Crippen molar-refractivity contribution < 1.29 is 9.59 Å². The summed E-state index contributed by atoms with van der Waals surface area (Å²) in [4.78, 5) is 24.4. The maximum atomic E-state index is 12.5. The fourth-order valence-corrected chi connectivity index (χ4v) is 3.22. The molecule has 0 saturated carbocycles. The molecule has 6 nitrogen and oxygen atoms in total.